The van der Waals surface area contributed by atoms with Crippen LogP contribution in [-0.4, -0.2) is 45.8 Å². The van der Waals surface area contributed by atoms with Gasteiger partial charge in [0.1, 0.15) is 11.5 Å². The Morgan fingerprint density at radius 1 is 1.07 bits per heavy atom. The van der Waals surface area contributed by atoms with Crippen LogP contribution in [0.4, 0.5) is 0 Å². The molecule has 1 fully saturated rings. The monoisotopic (exact) mass is 424 g/mol. The summed E-state index contributed by atoms with van der Waals surface area (Å²) in [5.41, 5.74) is 1.73. The van der Waals surface area contributed by atoms with Gasteiger partial charge in [0.05, 0.1) is 23.5 Å². The van der Waals surface area contributed by atoms with Crippen LogP contribution >= 0.6 is 11.6 Å². The molecule has 30 heavy (non-hydrogen) atoms. The first kappa shape index (κ1) is 20.6. The van der Waals surface area contributed by atoms with E-state index in [4.69, 9.17) is 21.1 Å². The SMILES string of the molecule is C[C@@H]1CCCN1CCCOc1ccc(-c2ccc(Oc3cncc(Cl)c3)nn2)cc1. The third-order valence-electron chi connectivity index (χ3n) is 5.24. The van der Waals surface area contributed by atoms with Crippen LogP contribution in [0.25, 0.3) is 11.3 Å². The van der Waals surface area contributed by atoms with Crippen molar-refractivity contribution in [1.82, 2.24) is 20.1 Å². The van der Waals surface area contributed by atoms with Gasteiger partial charge >= 0.3 is 0 Å². The number of hydrogen-bond donors (Lipinski definition) is 0. The van der Waals surface area contributed by atoms with Gasteiger partial charge in [0.25, 0.3) is 0 Å². The minimum Gasteiger partial charge on any atom is -0.494 e. The highest BCUT2D eigenvalue weighted by Gasteiger charge is 2.19. The molecule has 1 saturated heterocycles. The molecule has 0 spiro atoms. The molecular formula is C23H25ClN4O2. The van der Waals surface area contributed by atoms with Crippen molar-refractivity contribution in [3.8, 4) is 28.6 Å². The van der Waals surface area contributed by atoms with E-state index in [1.807, 2.05) is 30.3 Å². The molecule has 0 saturated carbocycles. The highest BCUT2D eigenvalue weighted by molar-refractivity contribution is 6.30. The molecule has 7 heteroatoms. The lowest BCUT2D eigenvalue weighted by Crippen LogP contribution is -2.28. The van der Waals surface area contributed by atoms with Crippen LogP contribution in [0.2, 0.25) is 5.02 Å². The Kier molecular flexibility index (Phi) is 6.77. The standard InChI is InChI=1S/C23H25ClN4O2/c1-17-4-2-11-28(17)12-3-13-29-20-7-5-18(6-8-20)22-9-10-23(27-26-22)30-21-14-19(24)15-25-16-21/h5-10,14-17H,2-4,11-13H2,1H3/t17-/m1/s1. The maximum atomic E-state index is 5.91. The first-order valence-electron chi connectivity index (χ1n) is 10.3. The molecule has 1 aromatic carbocycles. The normalized spacial score (nSPS) is 16.5. The van der Waals surface area contributed by atoms with Gasteiger partial charge in [-0.05, 0) is 63.1 Å². The van der Waals surface area contributed by atoms with Crippen molar-refractivity contribution in [3.63, 3.8) is 0 Å². The van der Waals surface area contributed by atoms with Crippen molar-refractivity contribution >= 4 is 11.6 Å². The number of benzene rings is 1. The molecule has 2 aromatic heterocycles. The minimum absolute atomic E-state index is 0.384. The van der Waals surface area contributed by atoms with E-state index in [2.05, 4.69) is 27.0 Å². The molecule has 0 N–H and O–H groups in total. The third-order valence-corrected chi connectivity index (χ3v) is 5.45. The molecule has 1 aliphatic rings. The Hall–Kier alpha value is -2.70. The number of rotatable bonds is 8. The van der Waals surface area contributed by atoms with E-state index in [0.29, 0.717) is 22.7 Å². The Morgan fingerprint density at radius 3 is 2.63 bits per heavy atom. The van der Waals surface area contributed by atoms with E-state index in [-0.39, 0.29) is 0 Å². The van der Waals surface area contributed by atoms with Crippen molar-refractivity contribution in [3.05, 3.63) is 59.9 Å². The summed E-state index contributed by atoms with van der Waals surface area (Å²) in [4.78, 5) is 6.53. The summed E-state index contributed by atoms with van der Waals surface area (Å²) in [5, 5.41) is 8.88. The fraction of sp³-hybridized carbons (Fsp3) is 0.348. The molecule has 0 bridgehead atoms. The van der Waals surface area contributed by atoms with Gasteiger partial charge in [-0.1, -0.05) is 11.6 Å². The van der Waals surface area contributed by atoms with E-state index < -0.39 is 0 Å². The lowest BCUT2D eigenvalue weighted by Gasteiger charge is -2.20. The molecule has 1 atom stereocenters. The van der Waals surface area contributed by atoms with Gasteiger partial charge in [-0.3, -0.25) is 4.98 Å². The molecular weight excluding hydrogens is 400 g/mol. The van der Waals surface area contributed by atoms with Crippen LogP contribution in [0.5, 0.6) is 17.4 Å². The second kappa shape index (κ2) is 9.87. The smallest absolute Gasteiger partial charge is 0.238 e. The molecule has 0 aliphatic carbocycles. The summed E-state index contributed by atoms with van der Waals surface area (Å²) < 4.78 is 11.5. The molecule has 0 unspecified atom stereocenters. The molecule has 156 valence electrons. The quantitative estimate of drug-likeness (QED) is 0.461. The van der Waals surface area contributed by atoms with Gasteiger partial charge in [-0.25, -0.2) is 0 Å². The van der Waals surface area contributed by atoms with Gasteiger partial charge in [0.15, 0.2) is 0 Å². The molecule has 0 radical (unpaired) electrons. The predicted octanol–water partition coefficient (Wildman–Crippen LogP) is 5.24. The molecule has 6 nitrogen and oxygen atoms in total. The van der Waals surface area contributed by atoms with Crippen LogP contribution in [0.1, 0.15) is 26.2 Å². The highest BCUT2D eigenvalue weighted by atomic mass is 35.5. The molecule has 3 aromatic rings. The molecule has 1 aliphatic heterocycles. The largest absolute Gasteiger partial charge is 0.494 e. The zero-order valence-corrected chi connectivity index (χ0v) is 17.8. The van der Waals surface area contributed by atoms with Crippen LogP contribution in [0.15, 0.2) is 54.9 Å². The summed E-state index contributed by atoms with van der Waals surface area (Å²) in [7, 11) is 0. The zero-order chi connectivity index (χ0) is 20.8. The summed E-state index contributed by atoms with van der Waals surface area (Å²) in [6, 6.07) is 13.9. The second-order valence-corrected chi connectivity index (χ2v) is 7.89. The van der Waals surface area contributed by atoms with Gasteiger partial charge in [-0.15, -0.1) is 10.2 Å². The van der Waals surface area contributed by atoms with Gasteiger partial charge in [0.2, 0.25) is 5.88 Å². The topological polar surface area (TPSA) is 60.4 Å². The summed E-state index contributed by atoms with van der Waals surface area (Å²) in [5.74, 6) is 1.77. The average Bonchev–Trinajstić information content (AvgIpc) is 3.17. The van der Waals surface area contributed by atoms with E-state index in [1.54, 1.807) is 24.5 Å². The number of halogens is 1. The van der Waals surface area contributed by atoms with Crippen molar-refractivity contribution < 1.29 is 9.47 Å². The van der Waals surface area contributed by atoms with E-state index in [0.717, 1.165) is 36.6 Å². The van der Waals surface area contributed by atoms with Gasteiger partial charge in [0, 0.05) is 36.5 Å². The lowest BCUT2D eigenvalue weighted by molar-refractivity contribution is 0.230. The van der Waals surface area contributed by atoms with Crippen LogP contribution in [-0.2, 0) is 0 Å². The summed E-state index contributed by atoms with van der Waals surface area (Å²) >= 11 is 5.91. The third kappa shape index (κ3) is 5.46. The molecule has 3 heterocycles. The fourth-order valence-electron chi connectivity index (χ4n) is 3.60. The first-order chi connectivity index (χ1) is 14.7. The number of nitrogens with zero attached hydrogens (tertiary/aromatic N) is 4. The van der Waals surface area contributed by atoms with E-state index in [1.165, 1.54) is 19.4 Å². The van der Waals surface area contributed by atoms with Gasteiger partial charge < -0.3 is 14.4 Å². The van der Waals surface area contributed by atoms with Crippen molar-refractivity contribution in [1.29, 1.82) is 0 Å². The Balaban J connectivity index is 1.28. The van der Waals surface area contributed by atoms with Crippen LogP contribution in [0, 0.1) is 0 Å². The van der Waals surface area contributed by atoms with E-state index >= 15 is 0 Å². The maximum absolute atomic E-state index is 5.91. The summed E-state index contributed by atoms with van der Waals surface area (Å²) in [6.07, 6.45) is 6.80. The van der Waals surface area contributed by atoms with E-state index in [9.17, 15) is 0 Å². The Morgan fingerprint density at radius 2 is 1.93 bits per heavy atom. The number of aromatic nitrogens is 3. The number of hydrogen-bond acceptors (Lipinski definition) is 6. The first-order valence-corrected chi connectivity index (χ1v) is 10.6. The minimum atomic E-state index is 0.384. The van der Waals surface area contributed by atoms with Gasteiger partial charge in [-0.2, -0.15) is 0 Å². The maximum Gasteiger partial charge on any atom is 0.238 e. The van der Waals surface area contributed by atoms with Crippen LogP contribution in [0.3, 0.4) is 0 Å². The summed E-state index contributed by atoms with van der Waals surface area (Å²) in [6.45, 7) is 5.36. The number of likely N-dealkylation sites (tertiary alicyclic amines) is 1. The molecule has 0 amide bonds. The van der Waals surface area contributed by atoms with Crippen molar-refractivity contribution in [2.75, 3.05) is 19.7 Å². The predicted molar refractivity (Wildman–Crippen MR) is 117 cm³/mol. The number of ether oxygens (including phenoxy) is 2. The average molecular weight is 425 g/mol. The fourth-order valence-corrected chi connectivity index (χ4v) is 3.77. The van der Waals surface area contributed by atoms with Crippen molar-refractivity contribution in [2.24, 2.45) is 0 Å². The zero-order valence-electron chi connectivity index (χ0n) is 17.0. The van der Waals surface area contributed by atoms with Crippen molar-refractivity contribution in [2.45, 2.75) is 32.2 Å². The highest BCUT2D eigenvalue weighted by Crippen LogP contribution is 2.24. The lowest BCUT2D eigenvalue weighted by atomic mass is 10.1. The van der Waals surface area contributed by atoms with Crippen LogP contribution < -0.4 is 9.47 Å². The Bertz CT molecular complexity index is 950. The Labute approximate surface area is 181 Å². The second-order valence-electron chi connectivity index (χ2n) is 7.45. The number of pyridine rings is 1. The molecule has 4 rings (SSSR count).